The largest absolute Gasteiger partial charge is 0.486 e. The predicted molar refractivity (Wildman–Crippen MR) is 80.1 cm³/mol. The molecule has 1 aromatic heterocycles. The van der Waals surface area contributed by atoms with Crippen LogP contribution >= 0.6 is 0 Å². The number of piperazine rings is 1. The number of anilines is 1. The summed E-state index contributed by atoms with van der Waals surface area (Å²) in [5, 5.41) is 3.32. The molecule has 110 valence electrons. The highest BCUT2D eigenvalue weighted by Gasteiger charge is 2.15. The molecule has 1 aliphatic rings. The van der Waals surface area contributed by atoms with E-state index in [0.29, 0.717) is 6.61 Å². The molecule has 0 aliphatic carbocycles. The van der Waals surface area contributed by atoms with Gasteiger partial charge in [-0.2, -0.15) is 0 Å². The van der Waals surface area contributed by atoms with Crippen molar-refractivity contribution in [1.29, 1.82) is 0 Å². The van der Waals surface area contributed by atoms with Gasteiger partial charge in [0, 0.05) is 37.9 Å². The van der Waals surface area contributed by atoms with Crippen LogP contribution in [0.2, 0.25) is 0 Å². The first-order valence-electron chi connectivity index (χ1n) is 7.11. The van der Waals surface area contributed by atoms with E-state index in [4.69, 9.17) is 4.74 Å². The van der Waals surface area contributed by atoms with E-state index in [9.17, 15) is 4.39 Å². The Balaban J connectivity index is 1.74. The molecule has 0 spiro atoms. The van der Waals surface area contributed by atoms with Crippen LogP contribution in [0.4, 0.5) is 10.2 Å². The van der Waals surface area contributed by atoms with Gasteiger partial charge in [0.1, 0.15) is 12.4 Å². The van der Waals surface area contributed by atoms with Crippen molar-refractivity contribution < 1.29 is 9.13 Å². The van der Waals surface area contributed by atoms with Crippen molar-refractivity contribution in [1.82, 2.24) is 10.3 Å². The quantitative estimate of drug-likeness (QED) is 0.935. The molecule has 1 N–H and O–H groups in total. The van der Waals surface area contributed by atoms with Crippen molar-refractivity contribution in [2.75, 3.05) is 31.1 Å². The minimum absolute atomic E-state index is 0.271. The zero-order valence-electron chi connectivity index (χ0n) is 11.8. The molecule has 0 bridgehead atoms. The van der Waals surface area contributed by atoms with Crippen LogP contribution in [0.25, 0.3) is 0 Å². The van der Waals surface area contributed by atoms with Gasteiger partial charge < -0.3 is 15.0 Å². The Bertz CT molecular complexity index is 600. The van der Waals surface area contributed by atoms with E-state index < -0.39 is 0 Å². The van der Waals surface area contributed by atoms with Gasteiger partial charge in [0.25, 0.3) is 0 Å². The van der Waals surface area contributed by atoms with Crippen molar-refractivity contribution >= 4 is 5.82 Å². The molecule has 2 aromatic rings. The number of nitrogens with one attached hydrogen (secondary N) is 1. The fraction of sp³-hybridized carbons (Fsp3) is 0.312. The lowest BCUT2D eigenvalue weighted by Crippen LogP contribution is -2.44. The van der Waals surface area contributed by atoms with Crippen LogP contribution in [0, 0.1) is 5.82 Å². The van der Waals surface area contributed by atoms with Crippen LogP contribution in [-0.2, 0) is 6.61 Å². The van der Waals surface area contributed by atoms with Crippen molar-refractivity contribution in [3.8, 4) is 5.75 Å². The Kier molecular flexibility index (Phi) is 4.31. The predicted octanol–water partition coefficient (Wildman–Crippen LogP) is 2.21. The molecule has 0 saturated carbocycles. The second-order valence-electron chi connectivity index (χ2n) is 4.94. The molecule has 3 rings (SSSR count). The van der Waals surface area contributed by atoms with Gasteiger partial charge in [0.05, 0.1) is 0 Å². The lowest BCUT2D eigenvalue weighted by atomic mass is 10.2. The average Bonchev–Trinajstić information content (AvgIpc) is 2.55. The number of benzene rings is 1. The first-order chi connectivity index (χ1) is 10.3. The SMILES string of the molecule is Fc1ccccc1OCc1cccnc1N1CCNCC1. The van der Waals surface area contributed by atoms with Gasteiger partial charge in [0.2, 0.25) is 0 Å². The van der Waals surface area contributed by atoms with Gasteiger partial charge in [-0.1, -0.05) is 18.2 Å². The van der Waals surface area contributed by atoms with Crippen molar-refractivity contribution in [2.45, 2.75) is 6.61 Å². The standard InChI is InChI=1S/C16H18FN3O/c17-14-5-1-2-6-15(14)21-12-13-4-3-7-19-16(13)20-10-8-18-9-11-20/h1-7,18H,8-12H2. The Hall–Kier alpha value is -2.14. The molecule has 21 heavy (non-hydrogen) atoms. The fourth-order valence-corrected chi connectivity index (χ4v) is 2.42. The van der Waals surface area contributed by atoms with Crippen molar-refractivity contribution in [3.63, 3.8) is 0 Å². The maximum atomic E-state index is 13.6. The Labute approximate surface area is 123 Å². The molecular formula is C16H18FN3O. The van der Waals surface area contributed by atoms with E-state index in [0.717, 1.165) is 37.6 Å². The third-order valence-electron chi connectivity index (χ3n) is 3.50. The van der Waals surface area contributed by atoms with E-state index in [1.807, 2.05) is 12.1 Å². The maximum absolute atomic E-state index is 13.6. The summed E-state index contributed by atoms with van der Waals surface area (Å²) in [7, 11) is 0. The number of para-hydroxylation sites is 1. The minimum atomic E-state index is -0.342. The average molecular weight is 287 g/mol. The summed E-state index contributed by atoms with van der Waals surface area (Å²) in [5.41, 5.74) is 0.975. The number of nitrogens with zero attached hydrogens (tertiary/aromatic N) is 2. The molecular weight excluding hydrogens is 269 g/mol. The van der Waals surface area contributed by atoms with Crippen LogP contribution in [-0.4, -0.2) is 31.2 Å². The number of hydrogen-bond acceptors (Lipinski definition) is 4. The molecule has 0 unspecified atom stereocenters. The normalized spacial score (nSPS) is 15.0. The van der Waals surface area contributed by atoms with Crippen LogP contribution in [0.5, 0.6) is 5.75 Å². The lowest BCUT2D eigenvalue weighted by Gasteiger charge is -2.29. The van der Waals surface area contributed by atoms with Crippen molar-refractivity contribution in [3.05, 3.63) is 54.0 Å². The van der Waals surface area contributed by atoms with Crippen LogP contribution in [0.1, 0.15) is 5.56 Å². The Morgan fingerprint density at radius 2 is 1.95 bits per heavy atom. The number of pyridine rings is 1. The third kappa shape index (κ3) is 3.31. The van der Waals surface area contributed by atoms with Gasteiger partial charge in [-0.15, -0.1) is 0 Å². The summed E-state index contributed by atoms with van der Waals surface area (Å²) in [4.78, 5) is 6.69. The zero-order valence-corrected chi connectivity index (χ0v) is 11.8. The molecule has 1 fully saturated rings. The van der Waals surface area contributed by atoms with Crippen LogP contribution in [0.3, 0.4) is 0 Å². The Morgan fingerprint density at radius 3 is 2.76 bits per heavy atom. The van der Waals surface area contributed by atoms with E-state index in [-0.39, 0.29) is 11.6 Å². The molecule has 1 aliphatic heterocycles. The number of aromatic nitrogens is 1. The highest BCUT2D eigenvalue weighted by atomic mass is 19.1. The van der Waals surface area contributed by atoms with Gasteiger partial charge in [-0.05, 0) is 18.2 Å². The summed E-state index contributed by atoms with van der Waals surface area (Å²) < 4.78 is 19.2. The molecule has 1 saturated heterocycles. The zero-order chi connectivity index (χ0) is 14.5. The van der Waals surface area contributed by atoms with Crippen LogP contribution in [0.15, 0.2) is 42.6 Å². The van der Waals surface area contributed by atoms with E-state index in [1.54, 1.807) is 24.4 Å². The molecule has 0 radical (unpaired) electrons. The first kappa shape index (κ1) is 13.8. The first-order valence-corrected chi connectivity index (χ1v) is 7.11. The molecule has 1 aromatic carbocycles. The molecule has 4 nitrogen and oxygen atoms in total. The highest BCUT2D eigenvalue weighted by molar-refractivity contribution is 5.47. The van der Waals surface area contributed by atoms with Gasteiger partial charge >= 0.3 is 0 Å². The van der Waals surface area contributed by atoms with E-state index in [1.165, 1.54) is 6.07 Å². The van der Waals surface area contributed by atoms with Crippen LogP contribution < -0.4 is 15.0 Å². The van der Waals surface area contributed by atoms with E-state index >= 15 is 0 Å². The summed E-state index contributed by atoms with van der Waals surface area (Å²) in [6.45, 7) is 4.05. The van der Waals surface area contributed by atoms with E-state index in [2.05, 4.69) is 15.2 Å². The highest BCUT2D eigenvalue weighted by Crippen LogP contribution is 2.21. The number of rotatable bonds is 4. The lowest BCUT2D eigenvalue weighted by molar-refractivity contribution is 0.290. The topological polar surface area (TPSA) is 37.4 Å². The molecule has 0 atom stereocenters. The summed E-state index contributed by atoms with van der Waals surface area (Å²) in [5.74, 6) is 0.855. The molecule has 0 amide bonds. The summed E-state index contributed by atoms with van der Waals surface area (Å²) in [6.07, 6.45) is 1.78. The smallest absolute Gasteiger partial charge is 0.165 e. The number of halogens is 1. The van der Waals surface area contributed by atoms with Crippen molar-refractivity contribution in [2.24, 2.45) is 0 Å². The van der Waals surface area contributed by atoms with Gasteiger partial charge in [-0.3, -0.25) is 0 Å². The summed E-state index contributed by atoms with van der Waals surface area (Å²) >= 11 is 0. The molecule has 5 heteroatoms. The summed E-state index contributed by atoms with van der Waals surface area (Å²) in [6, 6.07) is 10.3. The fourth-order valence-electron chi connectivity index (χ4n) is 2.42. The van der Waals surface area contributed by atoms with Gasteiger partial charge in [-0.25, -0.2) is 9.37 Å². The number of ether oxygens (including phenoxy) is 1. The Morgan fingerprint density at radius 1 is 1.14 bits per heavy atom. The maximum Gasteiger partial charge on any atom is 0.165 e. The molecule has 2 heterocycles. The minimum Gasteiger partial charge on any atom is -0.486 e. The van der Waals surface area contributed by atoms with Gasteiger partial charge in [0.15, 0.2) is 11.6 Å². The monoisotopic (exact) mass is 287 g/mol. The second kappa shape index (κ2) is 6.54. The third-order valence-corrected chi connectivity index (χ3v) is 3.50. The number of hydrogen-bond donors (Lipinski definition) is 1. The second-order valence-corrected chi connectivity index (χ2v) is 4.94.